The fourth-order valence-electron chi connectivity index (χ4n) is 2.65. The first-order valence-corrected chi connectivity index (χ1v) is 8.60. The van der Waals surface area contributed by atoms with Gasteiger partial charge in [0.25, 0.3) is 0 Å². The molecule has 0 atom stereocenters. The molecule has 0 N–H and O–H groups in total. The summed E-state index contributed by atoms with van der Waals surface area (Å²) in [5.41, 5.74) is 2.89. The third-order valence-electron chi connectivity index (χ3n) is 3.41. The number of allylic oxidation sites excluding steroid dienone is 8. The van der Waals surface area contributed by atoms with Crippen LogP contribution in [0, 0.1) is 12.2 Å². The van der Waals surface area contributed by atoms with Gasteiger partial charge in [0.2, 0.25) is 0 Å². The average Bonchev–Trinajstić information content (AvgIpc) is 2.73. The summed E-state index contributed by atoms with van der Waals surface area (Å²) in [4.78, 5) is 0. The van der Waals surface area contributed by atoms with E-state index in [2.05, 4.69) is 51.2 Å². The molecule has 0 bridgehead atoms. The molecule has 0 aliphatic heterocycles. The van der Waals surface area contributed by atoms with Crippen LogP contribution in [0.1, 0.15) is 26.7 Å². The molecule has 0 aromatic carbocycles. The first-order chi connectivity index (χ1) is 7.03. The van der Waals surface area contributed by atoms with Crippen LogP contribution in [0.4, 0.5) is 0 Å². The summed E-state index contributed by atoms with van der Waals surface area (Å²) in [5, 5.41) is 3.00. The lowest BCUT2D eigenvalue weighted by molar-refractivity contribution is 1.38. The Hall–Kier alpha value is -0.823. The van der Waals surface area contributed by atoms with Crippen molar-refractivity contribution in [2.45, 2.75) is 39.8 Å². The van der Waals surface area contributed by atoms with Gasteiger partial charge in [0, 0.05) is 0 Å². The summed E-state index contributed by atoms with van der Waals surface area (Å²) >= 11 is 0. The molecule has 1 heteroatoms. The maximum absolute atomic E-state index is 3.54. The Labute approximate surface area is 94.1 Å². The minimum atomic E-state index is -1.49. The maximum Gasteiger partial charge on any atom is 0.113 e. The van der Waals surface area contributed by atoms with Crippen molar-refractivity contribution in [2.75, 3.05) is 0 Å². The van der Waals surface area contributed by atoms with Gasteiger partial charge in [-0.15, -0.1) is 0 Å². The van der Waals surface area contributed by atoms with Crippen LogP contribution in [0.2, 0.25) is 13.1 Å². The van der Waals surface area contributed by atoms with Gasteiger partial charge in [-0.05, 0) is 49.2 Å². The molecule has 0 saturated heterocycles. The van der Waals surface area contributed by atoms with E-state index in [0.717, 1.165) is 12.8 Å². The molecular formula is C14H18Si. The van der Waals surface area contributed by atoms with Crippen molar-refractivity contribution in [1.29, 1.82) is 0 Å². The van der Waals surface area contributed by atoms with Crippen molar-refractivity contribution >= 4 is 8.07 Å². The van der Waals surface area contributed by atoms with Crippen molar-refractivity contribution < 1.29 is 0 Å². The first-order valence-electron chi connectivity index (χ1n) is 5.60. The highest BCUT2D eigenvalue weighted by Gasteiger charge is 2.34. The SMILES string of the molecule is CC1=CC[C]=C1[Si](C)(C)C1=[C]CC=C1C. The topological polar surface area (TPSA) is 0 Å². The smallest absolute Gasteiger partial charge is 0.0773 e. The molecule has 2 radical (unpaired) electrons. The second-order valence-corrected chi connectivity index (χ2v) is 9.16. The van der Waals surface area contributed by atoms with E-state index in [9.17, 15) is 0 Å². The van der Waals surface area contributed by atoms with Crippen LogP contribution in [-0.4, -0.2) is 8.07 Å². The lowest BCUT2D eigenvalue weighted by Crippen LogP contribution is -2.32. The van der Waals surface area contributed by atoms with Gasteiger partial charge in [0.1, 0.15) is 8.07 Å². The molecule has 0 spiro atoms. The Bertz CT molecular complexity index is 365. The van der Waals surface area contributed by atoms with Crippen LogP contribution in [0.3, 0.4) is 0 Å². The van der Waals surface area contributed by atoms with E-state index in [4.69, 9.17) is 0 Å². The van der Waals surface area contributed by atoms with Crippen molar-refractivity contribution in [3.63, 3.8) is 0 Å². The van der Waals surface area contributed by atoms with Gasteiger partial charge in [-0.1, -0.05) is 36.4 Å². The molecule has 0 aromatic heterocycles. The van der Waals surface area contributed by atoms with Crippen LogP contribution < -0.4 is 0 Å². The average molecular weight is 214 g/mol. The molecule has 0 nitrogen and oxygen atoms in total. The van der Waals surface area contributed by atoms with Gasteiger partial charge >= 0.3 is 0 Å². The van der Waals surface area contributed by atoms with E-state index in [0.29, 0.717) is 0 Å². The van der Waals surface area contributed by atoms with E-state index in [1.165, 1.54) is 21.5 Å². The second kappa shape index (κ2) is 3.64. The summed E-state index contributed by atoms with van der Waals surface area (Å²) in [6.45, 7) is 9.28. The Kier molecular flexibility index (Phi) is 2.59. The quantitative estimate of drug-likeness (QED) is 0.611. The van der Waals surface area contributed by atoms with Gasteiger partial charge in [-0.3, -0.25) is 0 Å². The highest BCUT2D eigenvalue weighted by Crippen LogP contribution is 2.37. The molecule has 0 fully saturated rings. The molecule has 0 amide bonds. The summed E-state index contributed by atoms with van der Waals surface area (Å²) in [5.74, 6) is 0. The summed E-state index contributed by atoms with van der Waals surface area (Å²) < 4.78 is 0. The third-order valence-corrected chi connectivity index (χ3v) is 7.06. The molecule has 2 aliphatic rings. The molecule has 2 aliphatic carbocycles. The van der Waals surface area contributed by atoms with Crippen molar-refractivity contribution in [3.05, 3.63) is 45.8 Å². The van der Waals surface area contributed by atoms with Gasteiger partial charge in [-0.25, -0.2) is 0 Å². The minimum absolute atomic E-state index is 1.01. The first kappa shape index (κ1) is 10.7. The molecule has 0 saturated carbocycles. The van der Waals surface area contributed by atoms with E-state index in [1.54, 1.807) is 0 Å². The molecule has 78 valence electrons. The maximum atomic E-state index is 3.54. The molecule has 2 rings (SSSR count). The van der Waals surface area contributed by atoms with Crippen LogP contribution in [-0.2, 0) is 0 Å². The normalized spacial score (nSPS) is 21.1. The van der Waals surface area contributed by atoms with Gasteiger partial charge in [0.05, 0.1) is 0 Å². The lowest BCUT2D eigenvalue weighted by Gasteiger charge is -2.27. The molecular weight excluding hydrogens is 196 g/mol. The van der Waals surface area contributed by atoms with Gasteiger partial charge in [-0.2, -0.15) is 0 Å². The monoisotopic (exact) mass is 214 g/mol. The van der Waals surface area contributed by atoms with E-state index >= 15 is 0 Å². The zero-order valence-corrected chi connectivity index (χ0v) is 11.1. The molecule has 15 heavy (non-hydrogen) atoms. The summed E-state index contributed by atoms with van der Waals surface area (Å²) in [6.07, 6.45) is 13.7. The predicted octanol–water partition coefficient (Wildman–Crippen LogP) is 3.93. The standard InChI is InChI=1S/C14H18Si/c1-11-7-5-9-13(11)15(3,4)14-10-6-8-12(14)2/h7-8H,5-6H2,1-4H3. The Balaban J connectivity index is 2.36. The number of hydrogen-bond acceptors (Lipinski definition) is 0. The van der Waals surface area contributed by atoms with Crippen LogP contribution in [0.15, 0.2) is 33.7 Å². The van der Waals surface area contributed by atoms with Crippen molar-refractivity contribution in [1.82, 2.24) is 0 Å². The second-order valence-electron chi connectivity index (χ2n) is 4.91. The van der Waals surface area contributed by atoms with Crippen LogP contribution in [0.25, 0.3) is 0 Å². The fraction of sp³-hybridized carbons (Fsp3) is 0.429. The Morgan fingerprint density at radius 1 is 0.933 bits per heavy atom. The molecule has 0 unspecified atom stereocenters. The Morgan fingerprint density at radius 3 is 1.60 bits per heavy atom. The third kappa shape index (κ3) is 1.69. The summed E-state index contributed by atoms with van der Waals surface area (Å²) in [7, 11) is -1.49. The molecule has 0 heterocycles. The fourth-order valence-corrected chi connectivity index (χ4v) is 6.16. The van der Waals surface area contributed by atoms with E-state index in [1.807, 2.05) is 0 Å². The molecule has 0 aromatic rings. The summed E-state index contributed by atoms with van der Waals surface area (Å²) in [6, 6.07) is 0. The van der Waals surface area contributed by atoms with E-state index < -0.39 is 8.07 Å². The Morgan fingerprint density at radius 2 is 1.33 bits per heavy atom. The largest absolute Gasteiger partial charge is 0.113 e. The van der Waals surface area contributed by atoms with Gasteiger partial charge in [0.15, 0.2) is 0 Å². The van der Waals surface area contributed by atoms with Crippen molar-refractivity contribution in [2.24, 2.45) is 0 Å². The van der Waals surface area contributed by atoms with E-state index in [-0.39, 0.29) is 0 Å². The number of hydrogen-bond donors (Lipinski definition) is 0. The van der Waals surface area contributed by atoms with Crippen LogP contribution >= 0.6 is 0 Å². The zero-order chi connectivity index (χ0) is 11.1. The minimum Gasteiger partial charge on any atom is -0.0773 e. The predicted molar refractivity (Wildman–Crippen MR) is 67.7 cm³/mol. The zero-order valence-electron chi connectivity index (χ0n) is 10.1. The lowest BCUT2D eigenvalue weighted by atomic mass is 10.3. The van der Waals surface area contributed by atoms with Crippen LogP contribution in [0.5, 0.6) is 0 Å². The highest BCUT2D eigenvalue weighted by atomic mass is 28.3. The highest BCUT2D eigenvalue weighted by molar-refractivity contribution is 6.92. The van der Waals surface area contributed by atoms with Gasteiger partial charge < -0.3 is 0 Å². The van der Waals surface area contributed by atoms with Crippen molar-refractivity contribution in [3.8, 4) is 0 Å². The number of rotatable bonds is 2.